The topological polar surface area (TPSA) is 107 Å². The number of aromatic nitrogens is 2. The van der Waals surface area contributed by atoms with Gasteiger partial charge in [0, 0.05) is 0 Å². The van der Waals surface area contributed by atoms with Crippen LogP contribution in [0.3, 0.4) is 0 Å². The largest absolute Gasteiger partial charge is 0.493 e. The summed E-state index contributed by atoms with van der Waals surface area (Å²) in [5.41, 5.74) is 4.65. The number of aromatic hydroxyl groups is 1. The quantitative estimate of drug-likeness (QED) is 0.364. The molecular weight excluding hydrogens is 370 g/mol. The number of imidazole rings is 1. The van der Waals surface area contributed by atoms with Crippen molar-refractivity contribution in [2.45, 2.75) is 32.7 Å². The normalized spacial score (nSPS) is 12.1. The lowest BCUT2D eigenvalue weighted by atomic mass is 10.0. The van der Waals surface area contributed by atoms with E-state index in [-0.39, 0.29) is 11.8 Å². The Morgan fingerprint density at radius 3 is 2.24 bits per heavy atom. The molecule has 2 aromatic carbocycles. The summed E-state index contributed by atoms with van der Waals surface area (Å²) in [5, 5.41) is 19.5. The van der Waals surface area contributed by atoms with Crippen molar-refractivity contribution in [1.82, 2.24) is 15.0 Å². The molecule has 7 nitrogen and oxygen atoms in total. The van der Waals surface area contributed by atoms with Gasteiger partial charge in [-0.15, -0.1) is 0 Å². The number of hydrogen-bond acceptors (Lipinski definition) is 4. The average Bonchev–Trinajstić information content (AvgIpc) is 3.01. The van der Waals surface area contributed by atoms with E-state index >= 15 is 0 Å². The molecule has 1 aromatic heterocycles. The number of amides is 1. The van der Waals surface area contributed by atoms with Gasteiger partial charge in [-0.25, -0.2) is 10.3 Å². The van der Waals surface area contributed by atoms with Crippen molar-refractivity contribution in [2.75, 3.05) is 0 Å². The fourth-order valence-corrected chi connectivity index (χ4v) is 3.47. The molecule has 0 unspecified atom stereocenters. The number of hydrogen-bond donors (Lipinski definition) is 4. The Hall–Kier alpha value is -3.32. The van der Waals surface area contributed by atoms with Crippen molar-refractivity contribution in [1.29, 1.82) is 0 Å². The minimum absolute atomic E-state index is 0.279. The SMILES string of the molecule is CC(C)[C@H](C(=O)NO)n1c(O)c(CCc2ccc(-c3ccccc3)cc2)[nH]c1=O. The molecule has 1 heterocycles. The molecule has 4 N–H and O–H groups in total. The van der Waals surface area contributed by atoms with E-state index in [0.29, 0.717) is 18.5 Å². The number of rotatable bonds is 7. The summed E-state index contributed by atoms with van der Waals surface area (Å²) in [6, 6.07) is 17.2. The zero-order chi connectivity index (χ0) is 21.0. The van der Waals surface area contributed by atoms with Gasteiger partial charge in [0.2, 0.25) is 5.88 Å². The third-order valence-electron chi connectivity index (χ3n) is 4.99. The molecule has 0 saturated carbocycles. The molecule has 0 aliphatic heterocycles. The van der Waals surface area contributed by atoms with Gasteiger partial charge >= 0.3 is 5.69 Å². The highest BCUT2D eigenvalue weighted by Gasteiger charge is 2.29. The van der Waals surface area contributed by atoms with Crippen LogP contribution in [0.25, 0.3) is 11.1 Å². The average molecular weight is 395 g/mol. The number of carbonyl (C=O) groups is 1. The van der Waals surface area contributed by atoms with Crippen LogP contribution in [0.2, 0.25) is 0 Å². The lowest BCUT2D eigenvalue weighted by Crippen LogP contribution is -2.37. The zero-order valence-corrected chi connectivity index (χ0v) is 16.4. The molecule has 3 rings (SSSR count). The zero-order valence-electron chi connectivity index (χ0n) is 16.4. The van der Waals surface area contributed by atoms with E-state index in [0.717, 1.165) is 21.3 Å². The summed E-state index contributed by atoms with van der Waals surface area (Å²) >= 11 is 0. The highest BCUT2D eigenvalue weighted by molar-refractivity contribution is 5.79. The molecule has 29 heavy (non-hydrogen) atoms. The van der Waals surface area contributed by atoms with Crippen LogP contribution in [0.15, 0.2) is 59.4 Å². The molecule has 0 saturated heterocycles. The predicted molar refractivity (Wildman–Crippen MR) is 110 cm³/mol. The summed E-state index contributed by atoms with van der Waals surface area (Å²) in [5.74, 6) is -1.34. The Labute approximate surface area is 168 Å². The highest BCUT2D eigenvalue weighted by atomic mass is 16.5. The van der Waals surface area contributed by atoms with Crippen molar-refractivity contribution in [2.24, 2.45) is 5.92 Å². The lowest BCUT2D eigenvalue weighted by Gasteiger charge is -2.19. The minimum Gasteiger partial charge on any atom is -0.493 e. The Morgan fingerprint density at radius 1 is 1.03 bits per heavy atom. The molecule has 152 valence electrons. The summed E-state index contributed by atoms with van der Waals surface area (Å²) in [6.45, 7) is 3.46. The Kier molecular flexibility index (Phi) is 6.19. The third kappa shape index (κ3) is 4.41. The predicted octanol–water partition coefficient (Wildman–Crippen LogP) is 3.04. The highest BCUT2D eigenvalue weighted by Crippen LogP contribution is 2.25. The maximum atomic E-state index is 12.3. The second-order valence-electron chi connectivity index (χ2n) is 7.33. The van der Waals surface area contributed by atoms with E-state index in [1.807, 2.05) is 54.6 Å². The van der Waals surface area contributed by atoms with Gasteiger partial charge in [-0.3, -0.25) is 14.6 Å². The maximum Gasteiger partial charge on any atom is 0.329 e. The van der Waals surface area contributed by atoms with Crippen molar-refractivity contribution in [3.63, 3.8) is 0 Å². The van der Waals surface area contributed by atoms with Gasteiger partial charge in [-0.05, 0) is 35.4 Å². The van der Waals surface area contributed by atoms with E-state index in [1.54, 1.807) is 19.3 Å². The van der Waals surface area contributed by atoms with Crippen LogP contribution in [0.1, 0.15) is 31.1 Å². The van der Waals surface area contributed by atoms with Crippen molar-refractivity contribution >= 4 is 5.91 Å². The van der Waals surface area contributed by atoms with Gasteiger partial charge in [0.1, 0.15) is 6.04 Å². The molecule has 3 aromatic rings. The molecule has 1 amide bonds. The lowest BCUT2D eigenvalue weighted by molar-refractivity contribution is -0.134. The maximum absolute atomic E-state index is 12.3. The molecule has 7 heteroatoms. The van der Waals surface area contributed by atoms with Crippen LogP contribution in [-0.2, 0) is 17.6 Å². The molecule has 1 atom stereocenters. The van der Waals surface area contributed by atoms with Crippen molar-refractivity contribution in [3.05, 3.63) is 76.3 Å². The van der Waals surface area contributed by atoms with Gasteiger partial charge in [0.05, 0.1) is 5.69 Å². The molecular formula is C22H25N3O4. The third-order valence-corrected chi connectivity index (χ3v) is 4.99. The first-order valence-electron chi connectivity index (χ1n) is 9.53. The van der Waals surface area contributed by atoms with Crippen LogP contribution in [0, 0.1) is 5.92 Å². The number of nitrogens with zero attached hydrogens (tertiary/aromatic N) is 1. The first kappa shape index (κ1) is 20.4. The first-order valence-corrected chi connectivity index (χ1v) is 9.53. The molecule has 0 bridgehead atoms. The van der Waals surface area contributed by atoms with Crippen LogP contribution in [0.5, 0.6) is 5.88 Å². The summed E-state index contributed by atoms with van der Waals surface area (Å²) in [6.07, 6.45) is 1.02. The van der Waals surface area contributed by atoms with E-state index in [1.165, 1.54) is 0 Å². The monoisotopic (exact) mass is 395 g/mol. The van der Waals surface area contributed by atoms with Crippen LogP contribution < -0.4 is 11.2 Å². The molecule has 0 radical (unpaired) electrons. The smallest absolute Gasteiger partial charge is 0.329 e. The summed E-state index contributed by atoms with van der Waals surface area (Å²) in [4.78, 5) is 26.9. The Bertz CT molecular complexity index is 1020. The molecule has 0 spiro atoms. The summed E-state index contributed by atoms with van der Waals surface area (Å²) < 4.78 is 0.990. The fraction of sp³-hybridized carbons (Fsp3) is 0.273. The van der Waals surface area contributed by atoms with Gasteiger partial charge in [-0.2, -0.15) is 0 Å². The number of H-pyrrole nitrogens is 1. The molecule has 0 aliphatic rings. The minimum atomic E-state index is -1.01. The van der Waals surface area contributed by atoms with Gasteiger partial charge in [0.15, 0.2) is 0 Å². The fourth-order valence-electron chi connectivity index (χ4n) is 3.47. The Morgan fingerprint density at radius 2 is 1.66 bits per heavy atom. The van der Waals surface area contributed by atoms with E-state index < -0.39 is 17.6 Å². The number of hydroxylamine groups is 1. The molecule has 0 aliphatic carbocycles. The number of aromatic amines is 1. The van der Waals surface area contributed by atoms with Gasteiger partial charge in [0.25, 0.3) is 5.91 Å². The number of aryl methyl sites for hydroxylation is 2. The summed E-state index contributed by atoms with van der Waals surface area (Å²) in [7, 11) is 0. The van der Waals surface area contributed by atoms with Crippen LogP contribution in [0.4, 0.5) is 0 Å². The first-order chi connectivity index (χ1) is 13.9. The van der Waals surface area contributed by atoms with Crippen molar-refractivity contribution in [3.8, 4) is 17.0 Å². The molecule has 0 fully saturated rings. The Balaban J connectivity index is 1.76. The van der Waals surface area contributed by atoms with Gasteiger partial charge in [-0.1, -0.05) is 68.4 Å². The number of carbonyl (C=O) groups excluding carboxylic acids is 1. The van der Waals surface area contributed by atoms with Crippen LogP contribution in [-0.4, -0.2) is 25.8 Å². The van der Waals surface area contributed by atoms with E-state index in [2.05, 4.69) is 4.98 Å². The van der Waals surface area contributed by atoms with Gasteiger partial charge < -0.3 is 10.1 Å². The second kappa shape index (κ2) is 8.79. The van der Waals surface area contributed by atoms with Crippen LogP contribution >= 0.6 is 0 Å². The van der Waals surface area contributed by atoms with E-state index in [9.17, 15) is 14.7 Å². The van der Waals surface area contributed by atoms with Crippen molar-refractivity contribution < 1.29 is 15.1 Å². The van der Waals surface area contributed by atoms with E-state index in [4.69, 9.17) is 5.21 Å². The number of benzene rings is 2. The second-order valence-corrected chi connectivity index (χ2v) is 7.33. The number of nitrogens with one attached hydrogen (secondary N) is 2. The standard InChI is InChI=1S/C22H25N3O4/c1-14(2)19(20(26)24-29)25-21(27)18(23-22(25)28)13-10-15-8-11-17(12-9-15)16-6-4-3-5-7-16/h3-9,11-12,14,19,27,29H,10,13H2,1-2H3,(H,23,28)(H,24,26)/t19-/m1/s1.